The zero-order valence-corrected chi connectivity index (χ0v) is 17.4. The van der Waals surface area contributed by atoms with Crippen LogP contribution in [0.1, 0.15) is 34.7 Å². The molecule has 1 aromatic heterocycles. The molecule has 0 saturated heterocycles. The topological polar surface area (TPSA) is 103 Å². The lowest BCUT2D eigenvalue weighted by molar-refractivity contribution is 0.0513. The lowest BCUT2D eigenvalue weighted by Crippen LogP contribution is -2.06. The molecule has 0 saturated carbocycles. The van der Waals surface area contributed by atoms with E-state index >= 15 is 0 Å². The van der Waals surface area contributed by atoms with Gasteiger partial charge in [-0.2, -0.15) is 10.3 Å². The van der Waals surface area contributed by atoms with Gasteiger partial charge < -0.3 is 14.2 Å². The first-order valence-corrected chi connectivity index (χ1v) is 9.65. The van der Waals surface area contributed by atoms with Crippen molar-refractivity contribution in [3.63, 3.8) is 0 Å². The van der Waals surface area contributed by atoms with E-state index in [-0.39, 0.29) is 18.3 Å². The highest BCUT2D eigenvalue weighted by molar-refractivity contribution is 9.10. The maximum atomic E-state index is 12.0. The van der Waals surface area contributed by atoms with Gasteiger partial charge in [-0.05, 0) is 72.2 Å². The smallest absolute Gasteiger partial charge is 0.361 e. The van der Waals surface area contributed by atoms with Crippen LogP contribution < -0.4 is 4.74 Å². The third-order valence-electron chi connectivity index (χ3n) is 3.81. The number of hydrogen-bond acceptors (Lipinski definition) is 7. The number of halogens is 1. The lowest BCUT2D eigenvalue weighted by Gasteiger charge is -2.09. The standard InChI is InChI=1S/C20H18BrN3O5/c1-3-27-19(25)12-5-7-13(8-6-12)29-14-9-10-15(16(21)11-14)17-18(23-24-22-17)20(26)28-4-2/h5-11H,3-4H2,1-2H3,(H,22,23,24). The van der Waals surface area contributed by atoms with Crippen LogP contribution in [0.3, 0.4) is 0 Å². The second kappa shape index (κ2) is 9.33. The Morgan fingerprint density at radius 2 is 1.59 bits per heavy atom. The first kappa shape index (κ1) is 20.5. The fraction of sp³-hybridized carbons (Fsp3) is 0.200. The number of aromatic nitrogens is 3. The molecular formula is C20H18BrN3O5. The number of ether oxygens (including phenoxy) is 3. The second-order valence-corrected chi connectivity index (χ2v) is 6.58. The molecule has 0 aliphatic heterocycles. The predicted octanol–water partition coefficient (Wildman–Crippen LogP) is 4.38. The van der Waals surface area contributed by atoms with Crippen molar-refractivity contribution in [3.8, 4) is 22.8 Å². The van der Waals surface area contributed by atoms with Crippen molar-refractivity contribution in [2.75, 3.05) is 13.2 Å². The summed E-state index contributed by atoms with van der Waals surface area (Å²) in [5.74, 6) is 0.193. The maximum absolute atomic E-state index is 12.0. The Morgan fingerprint density at radius 1 is 0.931 bits per heavy atom. The molecule has 150 valence electrons. The number of benzene rings is 2. The number of carbonyl (C=O) groups is 2. The number of aromatic amines is 1. The van der Waals surface area contributed by atoms with Crippen molar-refractivity contribution in [2.24, 2.45) is 0 Å². The van der Waals surface area contributed by atoms with Crippen molar-refractivity contribution in [1.82, 2.24) is 15.4 Å². The van der Waals surface area contributed by atoms with Gasteiger partial charge in [0.25, 0.3) is 0 Å². The average Bonchev–Trinajstić information content (AvgIpc) is 3.19. The summed E-state index contributed by atoms with van der Waals surface area (Å²) >= 11 is 3.48. The molecule has 0 unspecified atom stereocenters. The van der Waals surface area contributed by atoms with Crippen LogP contribution in [-0.4, -0.2) is 40.6 Å². The minimum atomic E-state index is -0.551. The highest BCUT2D eigenvalue weighted by atomic mass is 79.9. The number of carbonyl (C=O) groups excluding carboxylic acids is 2. The number of H-pyrrole nitrogens is 1. The van der Waals surface area contributed by atoms with E-state index in [2.05, 4.69) is 31.3 Å². The molecule has 8 nitrogen and oxygen atoms in total. The summed E-state index contributed by atoms with van der Waals surface area (Å²) < 4.78 is 16.4. The number of hydrogen-bond donors (Lipinski definition) is 1. The van der Waals surface area contributed by atoms with Crippen molar-refractivity contribution in [1.29, 1.82) is 0 Å². The zero-order chi connectivity index (χ0) is 20.8. The van der Waals surface area contributed by atoms with Crippen molar-refractivity contribution >= 4 is 27.9 Å². The molecule has 0 bridgehead atoms. The summed E-state index contributed by atoms with van der Waals surface area (Å²) in [4.78, 5) is 23.7. The van der Waals surface area contributed by atoms with Gasteiger partial charge in [0.1, 0.15) is 17.2 Å². The molecule has 1 heterocycles. The van der Waals surface area contributed by atoms with Gasteiger partial charge in [0.2, 0.25) is 0 Å². The van der Waals surface area contributed by atoms with E-state index in [9.17, 15) is 9.59 Å². The van der Waals surface area contributed by atoms with Crippen LogP contribution in [0.2, 0.25) is 0 Å². The average molecular weight is 460 g/mol. The number of rotatable bonds is 7. The molecular weight excluding hydrogens is 442 g/mol. The molecule has 2 aromatic carbocycles. The van der Waals surface area contributed by atoms with Gasteiger partial charge in [-0.1, -0.05) is 0 Å². The maximum Gasteiger partial charge on any atom is 0.361 e. The van der Waals surface area contributed by atoms with Crippen molar-refractivity contribution in [2.45, 2.75) is 13.8 Å². The Morgan fingerprint density at radius 3 is 2.24 bits per heavy atom. The third-order valence-corrected chi connectivity index (χ3v) is 4.47. The molecule has 0 spiro atoms. The Hall–Kier alpha value is -3.20. The van der Waals surface area contributed by atoms with Crippen LogP contribution in [0.15, 0.2) is 46.9 Å². The predicted molar refractivity (Wildman–Crippen MR) is 108 cm³/mol. The second-order valence-electron chi connectivity index (χ2n) is 5.73. The van der Waals surface area contributed by atoms with Crippen LogP contribution in [0.4, 0.5) is 0 Å². The lowest BCUT2D eigenvalue weighted by atomic mass is 10.1. The van der Waals surface area contributed by atoms with Gasteiger partial charge in [0, 0.05) is 10.0 Å². The van der Waals surface area contributed by atoms with E-state index in [0.29, 0.717) is 39.4 Å². The first-order chi connectivity index (χ1) is 14.0. The summed E-state index contributed by atoms with van der Waals surface area (Å²) in [7, 11) is 0. The molecule has 9 heteroatoms. The SMILES string of the molecule is CCOC(=O)c1ccc(Oc2ccc(-c3n[nH]nc3C(=O)OCC)c(Br)c2)cc1. The van der Waals surface area contributed by atoms with Crippen LogP contribution in [0.5, 0.6) is 11.5 Å². The van der Waals surface area contributed by atoms with E-state index in [4.69, 9.17) is 14.2 Å². The molecule has 0 radical (unpaired) electrons. The van der Waals surface area contributed by atoms with Crippen LogP contribution in [0, 0.1) is 0 Å². The summed E-state index contributed by atoms with van der Waals surface area (Å²) in [6.07, 6.45) is 0. The minimum Gasteiger partial charge on any atom is -0.462 e. The van der Waals surface area contributed by atoms with Crippen molar-refractivity contribution < 1.29 is 23.8 Å². The molecule has 29 heavy (non-hydrogen) atoms. The fourth-order valence-electron chi connectivity index (χ4n) is 2.52. The molecule has 0 aliphatic rings. The van der Waals surface area contributed by atoms with Crippen LogP contribution >= 0.6 is 15.9 Å². The van der Waals surface area contributed by atoms with E-state index in [0.717, 1.165) is 0 Å². The first-order valence-electron chi connectivity index (χ1n) is 8.86. The van der Waals surface area contributed by atoms with Gasteiger partial charge in [0.15, 0.2) is 5.69 Å². The summed E-state index contributed by atoms with van der Waals surface area (Å²) in [5, 5.41) is 10.4. The molecule has 3 rings (SSSR count). The van der Waals surface area contributed by atoms with E-state index < -0.39 is 5.97 Å². The van der Waals surface area contributed by atoms with E-state index in [1.807, 2.05) is 0 Å². The quantitative estimate of drug-likeness (QED) is 0.522. The van der Waals surface area contributed by atoms with Crippen LogP contribution in [0.25, 0.3) is 11.3 Å². The van der Waals surface area contributed by atoms with Gasteiger partial charge in [-0.25, -0.2) is 9.59 Å². The van der Waals surface area contributed by atoms with Crippen LogP contribution in [-0.2, 0) is 9.47 Å². The summed E-state index contributed by atoms with van der Waals surface area (Å²) in [6, 6.07) is 11.9. The van der Waals surface area contributed by atoms with Gasteiger partial charge in [-0.15, -0.1) is 5.10 Å². The Labute approximate surface area is 175 Å². The normalized spacial score (nSPS) is 10.4. The largest absolute Gasteiger partial charge is 0.462 e. The van der Waals surface area contributed by atoms with Gasteiger partial charge in [0.05, 0.1) is 18.8 Å². The Bertz CT molecular complexity index is 1020. The van der Waals surface area contributed by atoms with Gasteiger partial charge in [-0.3, -0.25) is 0 Å². The van der Waals surface area contributed by atoms with E-state index in [1.54, 1.807) is 56.3 Å². The molecule has 0 fully saturated rings. The monoisotopic (exact) mass is 459 g/mol. The molecule has 0 atom stereocenters. The Kier molecular flexibility index (Phi) is 6.61. The van der Waals surface area contributed by atoms with E-state index in [1.165, 1.54) is 0 Å². The Balaban J connectivity index is 1.78. The molecule has 1 N–H and O–H groups in total. The molecule has 3 aromatic rings. The fourth-order valence-corrected chi connectivity index (χ4v) is 3.07. The summed E-state index contributed by atoms with van der Waals surface area (Å²) in [5.41, 5.74) is 1.59. The third kappa shape index (κ3) is 4.80. The summed E-state index contributed by atoms with van der Waals surface area (Å²) in [6.45, 7) is 4.04. The zero-order valence-electron chi connectivity index (χ0n) is 15.8. The number of nitrogens with one attached hydrogen (secondary N) is 1. The van der Waals surface area contributed by atoms with Gasteiger partial charge >= 0.3 is 11.9 Å². The number of esters is 2. The highest BCUT2D eigenvalue weighted by Crippen LogP contribution is 2.33. The minimum absolute atomic E-state index is 0.107. The molecule has 0 amide bonds. The number of nitrogens with zero attached hydrogens (tertiary/aromatic N) is 2. The van der Waals surface area contributed by atoms with Crippen molar-refractivity contribution in [3.05, 3.63) is 58.2 Å². The highest BCUT2D eigenvalue weighted by Gasteiger charge is 2.21. The molecule has 0 aliphatic carbocycles.